The summed E-state index contributed by atoms with van der Waals surface area (Å²) in [6.45, 7) is 0. The molecule has 2 nitrogen and oxygen atoms in total. The van der Waals surface area contributed by atoms with Crippen molar-refractivity contribution in [1.82, 2.24) is 4.98 Å². The van der Waals surface area contributed by atoms with Gasteiger partial charge in [-0.05, 0) is 42.5 Å². The number of rotatable bonds is 3. The number of hydrogen-bond donors (Lipinski definition) is 0. The number of halogens is 1. The highest BCUT2D eigenvalue weighted by Gasteiger charge is 2.27. The second-order valence-electron chi connectivity index (χ2n) is 5.23. The summed E-state index contributed by atoms with van der Waals surface area (Å²) >= 11 is 3.51. The van der Waals surface area contributed by atoms with Crippen LogP contribution in [0.4, 0.5) is 0 Å². The molecule has 0 saturated carbocycles. The molecule has 0 saturated heterocycles. The molecule has 3 rings (SSSR count). The highest BCUT2D eigenvalue weighted by Crippen LogP contribution is 2.32. The minimum atomic E-state index is -0.0351. The van der Waals surface area contributed by atoms with Gasteiger partial charge in [0, 0.05) is 17.1 Å². The van der Waals surface area contributed by atoms with Crippen molar-refractivity contribution in [3.63, 3.8) is 0 Å². The van der Waals surface area contributed by atoms with Gasteiger partial charge in [0.05, 0.1) is 11.6 Å². The van der Waals surface area contributed by atoms with Crippen LogP contribution in [-0.2, 0) is 17.6 Å². The van der Waals surface area contributed by atoms with Crippen molar-refractivity contribution >= 4 is 21.7 Å². The van der Waals surface area contributed by atoms with E-state index in [2.05, 4.69) is 27.0 Å². The van der Waals surface area contributed by atoms with Gasteiger partial charge >= 0.3 is 0 Å². The fraction of sp³-hybridized carbons (Fsp3) is 0.294. The van der Waals surface area contributed by atoms with E-state index in [4.69, 9.17) is 0 Å². The molecule has 1 aliphatic carbocycles. The van der Waals surface area contributed by atoms with Crippen molar-refractivity contribution < 1.29 is 4.79 Å². The van der Waals surface area contributed by atoms with Gasteiger partial charge in [-0.15, -0.1) is 0 Å². The molecule has 0 spiro atoms. The van der Waals surface area contributed by atoms with E-state index in [-0.39, 0.29) is 11.7 Å². The highest BCUT2D eigenvalue weighted by atomic mass is 79.9. The number of nitrogens with zero attached hydrogens (tertiary/aromatic N) is 1. The summed E-state index contributed by atoms with van der Waals surface area (Å²) in [6.07, 6.45) is 5.31. The quantitative estimate of drug-likeness (QED) is 0.849. The summed E-state index contributed by atoms with van der Waals surface area (Å²) in [5, 5.41) is 0. The highest BCUT2D eigenvalue weighted by molar-refractivity contribution is 9.10. The molecule has 0 amide bonds. The zero-order chi connectivity index (χ0) is 13.9. The molecule has 1 aliphatic rings. The molecule has 3 heteroatoms. The Hall–Kier alpha value is -1.48. The van der Waals surface area contributed by atoms with E-state index in [0.717, 1.165) is 35.0 Å². The first kappa shape index (κ1) is 13.5. The Morgan fingerprint density at radius 2 is 2.10 bits per heavy atom. The molecule has 1 atom stereocenters. The Morgan fingerprint density at radius 3 is 2.95 bits per heavy atom. The molecule has 2 aromatic rings. The van der Waals surface area contributed by atoms with Crippen LogP contribution in [0, 0.1) is 0 Å². The SMILES string of the molecule is O=C(Cc1ccccc1Br)C1CCCc2cccnc21. The van der Waals surface area contributed by atoms with Crippen LogP contribution in [-0.4, -0.2) is 10.8 Å². The van der Waals surface area contributed by atoms with Gasteiger partial charge in [0.2, 0.25) is 0 Å². The maximum absolute atomic E-state index is 12.6. The Labute approximate surface area is 127 Å². The molecule has 20 heavy (non-hydrogen) atoms. The number of benzene rings is 1. The van der Waals surface area contributed by atoms with Crippen LogP contribution in [0.1, 0.15) is 35.6 Å². The van der Waals surface area contributed by atoms with Crippen molar-refractivity contribution in [3.05, 3.63) is 63.9 Å². The van der Waals surface area contributed by atoms with Crippen molar-refractivity contribution in [1.29, 1.82) is 0 Å². The molecule has 1 unspecified atom stereocenters. The first-order valence-corrected chi connectivity index (χ1v) is 7.75. The molecular formula is C17H16BrNO. The topological polar surface area (TPSA) is 30.0 Å². The summed E-state index contributed by atoms with van der Waals surface area (Å²) in [4.78, 5) is 17.1. The molecule has 0 fully saturated rings. The van der Waals surface area contributed by atoms with Crippen molar-refractivity contribution in [3.8, 4) is 0 Å². The van der Waals surface area contributed by atoms with Crippen molar-refractivity contribution in [2.45, 2.75) is 31.6 Å². The molecular weight excluding hydrogens is 314 g/mol. The number of hydrogen-bond acceptors (Lipinski definition) is 2. The van der Waals surface area contributed by atoms with Gasteiger partial charge < -0.3 is 0 Å². The lowest BCUT2D eigenvalue weighted by Gasteiger charge is -2.23. The monoisotopic (exact) mass is 329 g/mol. The Morgan fingerprint density at radius 1 is 1.25 bits per heavy atom. The molecule has 1 aromatic heterocycles. The molecule has 0 N–H and O–H groups in total. The van der Waals surface area contributed by atoms with Crippen molar-refractivity contribution in [2.75, 3.05) is 0 Å². The molecule has 0 aliphatic heterocycles. The lowest BCUT2D eigenvalue weighted by molar-refractivity contribution is -0.120. The van der Waals surface area contributed by atoms with E-state index >= 15 is 0 Å². The number of aryl methyl sites for hydroxylation is 1. The number of fused-ring (bicyclic) bond motifs is 1. The summed E-state index contributed by atoms with van der Waals surface area (Å²) in [5.41, 5.74) is 3.29. The first-order valence-electron chi connectivity index (χ1n) is 6.95. The lowest BCUT2D eigenvalue weighted by Crippen LogP contribution is -2.21. The second-order valence-corrected chi connectivity index (χ2v) is 6.08. The van der Waals surface area contributed by atoms with Gasteiger partial charge in [-0.25, -0.2) is 0 Å². The first-order chi connectivity index (χ1) is 9.75. The summed E-state index contributed by atoms with van der Waals surface area (Å²) in [6, 6.07) is 12.0. The number of ketones is 1. The van der Waals surface area contributed by atoms with Crippen LogP contribution in [0.2, 0.25) is 0 Å². The van der Waals surface area contributed by atoms with Crippen LogP contribution in [0.5, 0.6) is 0 Å². The molecule has 1 aromatic carbocycles. The third-order valence-corrected chi connectivity index (χ3v) is 4.68. The Bertz CT molecular complexity index is 638. The number of carbonyl (C=O) groups excluding carboxylic acids is 1. The zero-order valence-electron chi connectivity index (χ0n) is 11.2. The molecule has 102 valence electrons. The fourth-order valence-electron chi connectivity index (χ4n) is 2.88. The minimum absolute atomic E-state index is 0.0351. The molecule has 0 radical (unpaired) electrons. The standard InChI is InChI=1S/C17H16BrNO/c18-15-9-2-1-5-13(15)11-16(20)14-8-3-6-12-7-4-10-19-17(12)14/h1-2,4-5,7,9-10,14H,3,6,8,11H2. The van der Waals surface area contributed by atoms with Crippen LogP contribution in [0.3, 0.4) is 0 Å². The van der Waals surface area contributed by atoms with E-state index in [9.17, 15) is 4.79 Å². The van der Waals surface area contributed by atoms with Crippen LogP contribution < -0.4 is 0 Å². The number of pyridine rings is 1. The van der Waals surface area contributed by atoms with Gasteiger partial charge in [-0.2, -0.15) is 0 Å². The van der Waals surface area contributed by atoms with Crippen LogP contribution in [0.25, 0.3) is 0 Å². The minimum Gasteiger partial charge on any atom is -0.299 e. The second kappa shape index (κ2) is 5.88. The van der Waals surface area contributed by atoms with E-state index in [1.807, 2.05) is 30.3 Å². The smallest absolute Gasteiger partial charge is 0.146 e. The predicted molar refractivity (Wildman–Crippen MR) is 82.8 cm³/mol. The van der Waals surface area contributed by atoms with Crippen LogP contribution in [0.15, 0.2) is 47.1 Å². The molecule has 0 bridgehead atoms. The lowest BCUT2D eigenvalue weighted by atomic mass is 9.82. The van der Waals surface area contributed by atoms with E-state index in [0.29, 0.717) is 6.42 Å². The number of carbonyl (C=O) groups is 1. The van der Waals surface area contributed by atoms with Gasteiger partial charge in [-0.3, -0.25) is 9.78 Å². The number of aromatic nitrogens is 1. The summed E-state index contributed by atoms with van der Waals surface area (Å²) < 4.78 is 1.01. The third kappa shape index (κ3) is 2.68. The average Bonchev–Trinajstić information content (AvgIpc) is 2.49. The van der Waals surface area contributed by atoms with E-state index in [1.165, 1.54) is 5.56 Å². The number of Topliss-reactive ketones (excluding diaryl/α,β-unsaturated/α-hetero) is 1. The predicted octanol–water partition coefficient (Wildman–Crippen LogP) is 4.08. The van der Waals surface area contributed by atoms with Crippen LogP contribution >= 0.6 is 15.9 Å². The normalized spacial score (nSPS) is 17.6. The maximum atomic E-state index is 12.6. The maximum Gasteiger partial charge on any atom is 0.146 e. The largest absolute Gasteiger partial charge is 0.299 e. The van der Waals surface area contributed by atoms with Gasteiger partial charge in [0.15, 0.2) is 0 Å². The van der Waals surface area contributed by atoms with Gasteiger partial charge in [0.1, 0.15) is 5.78 Å². The Kier molecular flexibility index (Phi) is 3.97. The molecule has 1 heterocycles. The van der Waals surface area contributed by atoms with E-state index < -0.39 is 0 Å². The van der Waals surface area contributed by atoms with Gasteiger partial charge in [-0.1, -0.05) is 40.2 Å². The third-order valence-electron chi connectivity index (χ3n) is 3.91. The summed E-state index contributed by atoms with van der Waals surface area (Å²) in [7, 11) is 0. The van der Waals surface area contributed by atoms with Gasteiger partial charge in [0.25, 0.3) is 0 Å². The Balaban J connectivity index is 1.84. The fourth-order valence-corrected chi connectivity index (χ4v) is 3.30. The zero-order valence-corrected chi connectivity index (χ0v) is 12.8. The summed E-state index contributed by atoms with van der Waals surface area (Å²) in [5.74, 6) is 0.239. The van der Waals surface area contributed by atoms with Crippen molar-refractivity contribution in [2.24, 2.45) is 0 Å². The average molecular weight is 330 g/mol. The van der Waals surface area contributed by atoms with E-state index in [1.54, 1.807) is 6.20 Å².